The largest absolute Gasteiger partial charge is 0.872 e. The molecule has 0 aliphatic rings. The van der Waals surface area contributed by atoms with Gasteiger partial charge in [0.2, 0.25) is 0 Å². The number of aromatic carboxylic acids is 1. The predicted octanol–water partition coefficient (Wildman–Crippen LogP) is 10.4. The third kappa shape index (κ3) is 11.5. The zero-order chi connectivity index (χ0) is 31.6. The topological polar surface area (TPSA) is 60.4 Å². The van der Waals surface area contributed by atoms with E-state index >= 15 is 0 Å². The first kappa shape index (κ1) is 35.0. The smallest absolute Gasteiger partial charge is 0.335 e. The Morgan fingerprint density at radius 2 is 0.886 bits per heavy atom. The lowest BCUT2D eigenvalue weighted by Crippen LogP contribution is -2.05. The highest BCUT2D eigenvalue weighted by Crippen LogP contribution is 2.32. The highest BCUT2D eigenvalue weighted by atomic mass is 32.2. The first-order valence-electron chi connectivity index (χ1n) is 16.5. The first-order chi connectivity index (χ1) is 21.5. The molecule has 4 aromatic rings. The summed E-state index contributed by atoms with van der Waals surface area (Å²) in [7, 11) is -0.0614. The molecule has 0 amide bonds. The van der Waals surface area contributed by atoms with Crippen LogP contribution in [-0.2, 0) is 30.2 Å². The standard InChI is InChI=1S/C33H45S.C7H6O3/c1-4-7-10-13-28-16-22-31(23-17-28)34(32-24-18-29(19-25-32)14-11-8-5-2)33-26-20-30(21-27-33)15-12-9-6-3;8-6-4-2-1-3-5(6)7(9)10/h16-27H,4-15H2,1-3H3;1-4,8H,(H,9,10)/q+1;/p-1. The Balaban J connectivity index is 0.000000448. The molecular formula is C40H50O3S. The summed E-state index contributed by atoms with van der Waals surface area (Å²) in [4.78, 5) is 14.5. The van der Waals surface area contributed by atoms with Crippen LogP contribution < -0.4 is 5.11 Å². The van der Waals surface area contributed by atoms with Crippen molar-refractivity contribution in [1.29, 1.82) is 0 Å². The zero-order valence-electron chi connectivity index (χ0n) is 26.9. The van der Waals surface area contributed by atoms with E-state index in [1.54, 1.807) is 0 Å². The Bertz CT molecular complexity index is 1230. The number of aryl methyl sites for hydroxylation is 3. The number of rotatable bonds is 16. The summed E-state index contributed by atoms with van der Waals surface area (Å²) in [5.74, 6) is -1.62. The van der Waals surface area contributed by atoms with Gasteiger partial charge >= 0.3 is 5.97 Å². The molecule has 0 unspecified atom stereocenters. The number of carboxylic acid groups (broad SMARTS) is 1. The van der Waals surface area contributed by atoms with Crippen LogP contribution in [0.2, 0.25) is 0 Å². The number of carboxylic acids is 1. The second-order valence-electron chi connectivity index (χ2n) is 11.4. The zero-order valence-corrected chi connectivity index (χ0v) is 27.7. The molecule has 0 heterocycles. The molecular weight excluding hydrogens is 561 g/mol. The van der Waals surface area contributed by atoms with E-state index in [2.05, 4.69) is 93.6 Å². The molecule has 4 rings (SSSR count). The van der Waals surface area contributed by atoms with Crippen LogP contribution in [0.1, 0.15) is 106 Å². The summed E-state index contributed by atoms with van der Waals surface area (Å²) in [5, 5.41) is 19.0. The lowest BCUT2D eigenvalue weighted by Gasteiger charge is -2.11. The molecule has 3 nitrogen and oxygen atoms in total. The number of hydrogen-bond donors (Lipinski definition) is 1. The number of benzene rings is 4. The molecule has 0 aliphatic carbocycles. The summed E-state index contributed by atoms with van der Waals surface area (Å²) < 4.78 is 0. The average molecular weight is 611 g/mol. The fourth-order valence-electron chi connectivity index (χ4n) is 5.17. The summed E-state index contributed by atoms with van der Waals surface area (Å²) in [5.41, 5.74) is 4.23. The molecule has 0 radical (unpaired) electrons. The van der Waals surface area contributed by atoms with Crippen molar-refractivity contribution in [2.75, 3.05) is 0 Å². The van der Waals surface area contributed by atoms with Crippen molar-refractivity contribution < 1.29 is 15.0 Å². The van der Waals surface area contributed by atoms with E-state index in [0.29, 0.717) is 0 Å². The minimum Gasteiger partial charge on any atom is -0.872 e. The van der Waals surface area contributed by atoms with Gasteiger partial charge < -0.3 is 10.2 Å². The molecule has 0 aliphatic heterocycles. The van der Waals surface area contributed by atoms with Crippen LogP contribution in [0.3, 0.4) is 0 Å². The molecule has 234 valence electrons. The summed E-state index contributed by atoms with van der Waals surface area (Å²) in [6.45, 7) is 6.83. The molecule has 0 atom stereocenters. The number of hydrogen-bond acceptors (Lipinski definition) is 2. The Hall–Kier alpha value is -3.50. The van der Waals surface area contributed by atoms with Crippen LogP contribution in [0.15, 0.2) is 112 Å². The number of unbranched alkanes of at least 4 members (excludes halogenated alkanes) is 6. The minimum atomic E-state index is -1.18. The van der Waals surface area contributed by atoms with Crippen molar-refractivity contribution in [1.82, 2.24) is 0 Å². The van der Waals surface area contributed by atoms with E-state index < -0.39 is 11.7 Å². The molecule has 0 saturated heterocycles. The van der Waals surface area contributed by atoms with Gasteiger partial charge in [0, 0.05) is 0 Å². The van der Waals surface area contributed by atoms with Crippen molar-refractivity contribution in [3.05, 3.63) is 119 Å². The molecule has 4 heteroatoms. The quantitative estimate of drug-likeness (QED) is 0.101. The lowest BCUT2D eigenvalue weighted by atomic mass is 10.1. The molecule has 0 saturated carbocycles. The van der Waals surface area contributed by atoms with Crippen LogP contribution in [0, 0.1) is 0 Å². The van der Waals surface area contributed by atoms with Gasteiger partial charge in [0.05, 0.1) is 16.5 Å². The predicted molar refractivity (Wildman–Crippen MR) is 184 cm³/mol. The van der Waals surface area contributed by atoms with Crippen LogP contribution in [-0.4, -0.2) is 11.1 Å². The Morgan fingerprint density at radius 1 is 0.545 bits per heavy atom. The van der Waals surface area contributed by atoms with Gasteiger partial charge in [-0.2, -0.15) is 0 Å². The molecule has 0 bridgehead atoms. The minimum absolute atomic E-state index is 0.0614. The Labute approximate surface area is 268 Å². The third-order valence-corrected chi connectivity index (χ3v) is 10.0. The van der Waals surface area contributed by atoms with Gasteiger partial charge in [-0.1, -0.05) is 120 Å². The second-order valence-corrected chi connectivity index (χ2v) is 13.4. The van der Waals surface area contributed by atoms with Crippen LogP contribution >= 0.6 is 0 Å². The van der Waals surface area contributed by atoms with Gasteiger partial charge in [0.15, 0.2) is 14.7 Å². The molecule has 1 N–H and O–H groups in total. The molecule has 44 heavy (non-hydrogen) atoms. The van der Waals surface area contributed by atoms with E-state index in [9.17, 15) is 9.90 Å². The van der Waals surface area contributed by atoms with E-state index in [1.807, 2.05) is 0 Å². The molecule has 4 aromatic carbocycles. The third-order valence-electron chi connectivity index (χ3n) is 7.80. The second kappa shape index (κ2) is 19.7. The monoisotopic (exact) mass is 610 g/mol. The first-order valence-corrected chi connectivity index (χ1v) is 17.7. The molecule has 0 spiro atoms. The van der Waals surface area contributed by atoms with Gasteiger partial charge in [0.1, 0.15) is 0 Å². The van der Waals surface area contributed by atoms with E-state index in [-0.39, 0.29) is 16.5 Å². The normalized spacial score (nSPS) is 10.8. The molecule has 0 aromatic heterocycles. The van der Waals surface area contributed by atoms with Crippen molar-refractivity contribution in [2.45, 2.75) is 113 Å². The van der Waals surface area contributed by atoms with Crippen molar-refractivity contribution in [3.8, 4) is 5.75 Å². The highest BCUT2D eigenvalue weighted by Gasteiger charge is 2.28. The van der Waals surface area contributed by atoms with Crippen molar-refractivity contribution >= 4 is 16.9 Å². The van der Waals surface area contributed by atoms with Gasteiger partial charge in [-0.3, -0.25) is 0 Å². The van der Waals surface area contributed by atoms with Crippen LogP contribution in [0.25, 0.3) is 0 Å². The van der Waals surface area contributed by atoms with E-state index in [1.165, 1.54) is 133 Å². The SMILES string of the molecule is CCCCCc1ccc([S+](c2ccc(CCCCC)cc2)c2ccc(CCCCC)cc2)cc1.O=C(O)c1ccccc1[O-]. The average Bonchev–Trinajstić information content (AvgIpc) is 3.04. The van der Waals surface area contributed by atoms with E-state index in [0.717, 1.165) is 0 Å². The highest BCUT2D eigenvalue weighted by molar-refractivity contribution is 7.97. The molecule has 0 fully saturated rings. The number of para-hydroxylation sites is 1. The lowest BCUT2D eigenvalue weighted by molar-refractivity contribution is -0.268. The van der Waals surface area contributed by atoms with Gasteiger partial charge in [-0.25, -0.2) is 4.79 Å². The van der Waals surface area contributed by atoms with Gasteiger partial charge in [-0.15, -0.1) is 0 Å². The Morgan fingerprint density at radius 3 is 1.16 bits per heavy atom. The summed E-state index contributed by atoms with van der Waals surface area (Å²) in [6.07, 6.45) is 15.3. The maximum Gasteiger partial charge on any atom is 0.335 e. The van der Waals surface area contributed by atoms with Gasteiger partial charge in [-0.05, 0) is 97.7 Å². The summed E-state index contributed by atoms with van der Waals surface area (Å²) in [6, 6.07) is 34.0. The fraction of sp³-hybridized carbons (Fsp3) is 0.375. The van der Waals surface area contributed by atoms with Crippen LogP contribution in [0.5, 0.6) is 5.75 Å². The maximum absolute atomic E-state index is 10.7. The van der Waals surface area contributed by atoms with Crippen molar-refractivity contribution in [2.24, 2.45) is 0 Å². The number of carbonyl (C=O) groups is 1. The maximum atomic E-state index is 10.7. The Kier molecular flexibility index (Phi) is 15.7. The van der Waals surface area contributed by atoms with E-state index in [4.69, 9.17) is 5.11 Å². The summed E-state index contributed by atoms with van der Waals surface area (Å²) >= 11 is 0. The van der Waals surface area contributed by atoms with Crippen LogP contribution in [0.4, 0.5) is 0 Å². The van der Waals surface area contributed by atoms with Crippen molar-refractivity contribution in [3.63, 3.8) is 0 Å². The fourth-order valence-corrected chi connectivity index (χ4v) is 7.21. The van der Waals surface area contributed by atoms with Gasteiger partial charge in [0.25, 0.3) is 0 Å².